The molecular weight excluding hydrogens is 246 g/mol. The van der Waals surface area contributed by atoms with E-state index in [4.69, 9.17) is 9.84 Å². The summed E-state index contributed by atoms with van der Waals surface area (Å²) >= 11 is 0. The Morgan fingerprint density at radius 2 is 2.21 bits per heavy atom. The standard InChI is InChI=1S/C14H17NO4/c1-19-9-3-6-13(16)15-12-5-2-4-11(10-12)7-8-14(17)18/h2,4-5,7-8,10H,3,6,9H2,1H3,(H,15,16)(H,17,18)/b8-7+. The van der Waals surface area contributed by atoms with Crippen LogP contribution in [0.4, 0.5) is 5.69 Å². The molecule has 5 nitrogen and oxygen atoms in total. The van der Waals surface area contributed by atoms with Gasteiger partial charge >= 0.3 is 5.97 Å². The van der Waals surface area contributed by atoms with Crippen molar-refractivity contribution in [2.45, 2.75) is 12.8 Å². The van der Waals surface area contributed by atoms with Crippen molar-refractivity contribution in [3.8, 4) is 0 Å². The van der Waals surface area contributed by atoms with Crippen LogP contribution in [0.25, 0.3) is 6.08 Å². The summed E-state index contributed by atoms with van der Waals surface area (Å²) in [6.45, 7) is 0.550. The Hall–Kier alpha value is -2.14. The number of carbonyl (C=O) groups excluding carboxylic acids is 1. The highest BCUT2D eigenvalue weighted by atomic mass is 16.5. The van der Waals surface area contributed by atoms with Crippen molar-refractivity contribution in [1.29, 1.82) is 0 Å². The van der Waals surface area contributed by atoms with Gasteiger partial charge in [0.2, 0.25) is 5.91 Å². The number of carboxylic acid groups (broad SMARTS) is 1. The minimum atomic E-state index is -1.01. The Kier molecular flexibility index (Phi) is 6.32. The van der Waals surface area contributed by atoms with E-state index in [1.54, 1.807) is 31.4 Å². The maximum absolute atomic E-state index is 11.6. The lowest BCUT2D eigenvalue weighted by atomic mass is 10.2. The quantitative estimate of drug-likeness (QED) is 0.584. The predicted molar refractivity (Wildman–Crippen MR) is 72.9 cm³/mol. The van der Waals surface area contributed by atoms with E-state index < -0.39 is 5.97 Å². The van der Waals surface area contributed by atoms with E-state index in [9.17, 15) is 9.59 Å². The highest BCUT2D eigenvalue weighted by Crippen LogP contribution is 2.12. The lowest BCUT2D eigenvalue weighted by Crippen LogP contribution is -2.12. The molecule has 0 saturated carbocycles. The largest absolute Gasteiger partial charge is 0.478 e. The molecule has 2 N–H and O–H groups in total. The Bertz CT molecular complexity index is 468. The van der Waals surface area contributed by atoms with Crippen LogP contribution < -0.4 is 5.32 Å². The summed E-state index contributed by atoms with van der Waals surface area (Å²) in [6, 6.07) is 6.99. The molecule has 19 heavy (non-hydrogen) atoms. The number of methoxy groups -OCH3 is 1. The van der Waals surface area contributed by atoms with Crippen LogP contribution in [0.5, 0.6) is 0 Å². The smallest absolute Gasteiger partial charge is 0.328 e. The number of benzene rings is 1. The molecule has 0 bridgehead atoms. The van der Waals surface area contributed by atoms with Crippen LogP contribution in [0.2, 0.25) is 0 Å². The lowest BCUT2D eigenvalue weighted by Gasteiger charge is -2.05. The number of nitrogens with one attached hydrogen (secondary N) is 1. The van der Waals surface area contributed by atoms with E-state index in [0.717, 1.165) is 11.6 Å². The summed E-state index contributed by atoms with van der Waals surface area (Å²) in [6.07, 6.45) is 3.59. The number of aliphatic carboxylic acids is 1. The van der Waals surface area contributed by atoms with Gasteiger partial charge in [0.25, 0.3) is 0 Å². The molecule has 5 heteroatoms. The highest BCUT2D eigenvalue weighted by Gasteiger charge is 2.02. The van der Waals surface area contributed by atoms with Gasteiger partial charge in [0.15, 0.2) is 0 Å². The number of carbonyl (C=O) groups is 2. The second-order valence-electron chi connectivity index (χ2n) is 3.94. The number of amides is 1. The van der Waals surface area contributed by atoms with E-state index >= 15 is 0 Å². The van der Waals surface area contributed by atoms with Crippen LogP contribution in [0.15, 0.2) is 30.3 Å². The summed E-state index contributed by atoms with van der Waals surface area (Å²) in [7, 11) is 1.59. The van der Waals surface area contributed by atoms with Gasteiger partial charge in [-0.05, 0) is 30.2 Å². The lowest BCUT2D eigenvalue weighted by molar-refractivity contribution is -0.131. The van der Waals surface area contributed by atoms with Gasteiger partial charge in [0.05, 0.1) is 0 Å². The van der Waals surface area contributed by atoms with Crippen molar-refractivity contribution in [2.75, 3.05) is 19.0 Å². The number of carboxylic acids is 1. The fraction of sp³-hybridized carbons (Fsp3) is 0.286. The van der Waals surface area contributed by atoms with Crippen molar-refractivity contribution in [2.24, 2.45) is 0 Å². The van der Waals surface area contributed by atoms with Crippen LogP contribution >= 0.6 is 0 Å². The van der Waals surface area contributed by atoms with Gasteiger partial charge in [-0.15, -0.1) is 0 Å². The molecule has 0 atom stereocenters. The van der Waals surface area contributed by atoms with E-state index in [1.807, 2.05) is 0 Å². The summed E-state index contributed by atoms with van der Waals surface area (Å²) < 4.78 is 4.87. The fourth-order valence-corrected chi connectivity index (χ4v) is 1.49. The molecule has 0 radical (unpaired) electrons. The number of hydrogen-bond acceptors (Lipinski definition) is 3. The SMILES string of the molecule is COCCCC(=O)Nc1cccc(/C=C/C(=O)O)c1. The topological polar surface area (TPSA) is 75.6 Å². The van der Waals surface area contributed by atoms with Crippen molar-refractivity contribution in [3.05, 3.63) is 35.9 Å². The molecule has 1 rings (SSSR count). The van der Waals surface area contributed by atoms with Gasteiger partial charge < -0.3 is 15.2 Å². The molecule has 1 aromatic carbocycles. The van der Waals surface area contributed by atoms with Gasteiger partial charge in [-0.2, -0.15) is 0 Å². The van der Waals surface area contributed by atoms with Crippen molar-refractivity contribution >= 4 is 23.6 Å². The van der Waals surface area contributed by atoms with Crippen LogP contribution in [0, 0.1) is 0 Å². The third-order valence-electron chi connectivity index (χ3n) is 2.34. The van der Waals surface area contributed by atoms with E-state index in [-0.39, 0.29) is 5.91 Å². The summed E-state index contributed by atoms with van der Waals surface area (Å²) in [4.78, 5) is 22.0. The molecule has 1 amide bonds. The van der Waals surface area contributed by atoms with Crippen LogP contribution in [-0.2, 0) is 14.3 Å². The Balaban J connectivity index is 2.56. The first-order chi connectivity index (χ1) is 9.11. The zero-order valence-electron chi connectivity index (χ0n) is 10.8. The van der Waals surface area contributed by atoms with Crippen LogP contribution in [0.1, 0.15) is 18.4 Å². The van der Waals surface area contributed by atoms with Gasteiger partial charge in [-0.25, -0.2) is 4.79 Å². The molecule has 0 heterocycles. The molecule has 0 aromatic heterocycles. The minimum absolute atomic E-state index is 0.0867. The van der Waals surface area contributed by atoms with Gasteiger partial charge in [0.1, 0.15) is 0 Å². The van der Waals surface area contributed by atoms with Crippen molar-refractivity contribution < 1.29 is 19.4 Å². The first-order valence-corrected chi connectivity index (χ1v) is 5.91. The molecule has 0 aliphatic heterocycles. The fourth-order valence-electron chi connectivity index (χ4n) is 1.49. The van der Waals surface area contributed by atoms with Crippen LogP contribution in [0.3, 0.4) is 0 Å². The summed E-state index contributed by atoms with van der Waals surface area (Å²) in [5, 5.41) is 11.3. The molecule has 0 fully saturated rings. The second-order valence-corrected chi connectivity index (χ2v) is 3.94. The van der Waals surface area contributed by atoms with Crippen LogP contribution in [-0.4, -0.2) is 30.7 Å². The molecule has 0 unspecified atom stereocenters. The second kappa shape index (κ2) is 8.05. The van der Waals surface area contributed by atoms with E-state index in [0.29, 0.717) is 25.1 Å². The number of rotatable bonds is 7. The molecule has 102 valence electrons. The monoisotopic (exact) mass is 263 g/mol. The van der Waals surface area contributed by atoms with Crippen molar-refractivity contribution in [3.63, 3.8) is 0 Å². The first-order valence-electron chi connectivity index (χ1n) is 5.91. The molecular formula is C14H17NO4. The minimum Gasteiger partial charge on any atom is -0.478 e. The Morgan fingerprint density at radius 3 is 2.89 bits per heavy atom. The normalized spacial score (nSPS) is 10.6. The molecule has 0 aliphatic rings. The zero-order valence-corrected chi connectivity index (χ0v) is 10.8. The number of ether oxygens (including phenoxy) is 1. The molecule has 0 aliphatic carbocycles. The number of hydrogen-bond donors (Lipinski definition) is 2. The zero-order chi connectivity index (χ0) is 14.1. The molecule has 1 aromatic rings. The Morgan fingerprint density at radius 1 is 1.42 bits per heavy atom. The third kappa shape index (κ3) is 6.38. The summed E-state index contributed by atoms with van der Waals surface area (Å²) in [5.74, 6) is -1.09. The third-order valence-corrected chi connectivity index (χ3v) is 2.34. The Labute approximate surface area is 111 Å². The molecule has 0 spiro atoms. The van der Waals surface area contributed by atoms with Crippen molar-refractivity contribution in [1.82, 2.24) is 0 Å². The summed E-state index contributed by atoms with van der Waals surface area (Å²) in [5.41, 5.74) is 1.37. The van der Waals surface area contributed by atoms with E-state index in [2.05, 4.69) is 5.32 Å². The average Bonchev–Trinajstić information content (AvgIpc) is 2.37. The first kappa shape index (κ1) is 14.9. The predicted octanol–water partition coefficient (Wildman–Crippen LogP) is 2.15. The van der Waals surface area contributed by atoms with Gasteiger partial charge in [-0.1, -0.05) is 12.1 Å². The van der Waals surface area contributed by atoms with Gasteiger partial charge in [-0.3, -0.25) is 4.79 Å². The average molecular weight is 263 g/mol. The molecule has 0 saturated heterocycles. The van der Waals surface area contributed by atoms with E-state index in [1.165, 1.54) is 6.08 Å². The highest BCUT2D eigenvalue weighted by molar-refractivity contribution is 5.91. The maximum Gasteiger partial charge on any atom is 0.328 e. The maximum atomic E-state index is 11.6. The number of anilines is 1. The van der Waals surface area contributed by atoms with Gasteiger partial charge in [0, 0.05) is 31.9 Å².